The lowest BCUT2D eigenvalue weighted by atomic mass is 10.2. The van der Waals surface area contributed by atoms with Gasteiger partial charge in [0.25, 0.3) is 5.91 Å². The van der Waals surface area contributed by atoms with Crippen LogP contribution in [0.5, 0.6) is 11.5 Å². The fourth-order valence-electron chi connectivity index (χ4n) is 3.55. The number of methoxy groups -OCH3 is 1. The Kier molecular flexibility index (Phi) is 8.26. The normalized spacial score (nSPS) is 13.2. The Morgan fingerprint density at radius 2 is 2.06 bits per heavy atom. The highest BCUT2D eigenvalue weighted by molar-refractivity contribution is 7.90. The summed E-state index contributed by atoms with van der Waals surface area (Å²) in [6.45, 7) is 5.30. The van der Waals surface area contributed by atoms with Crippen LogP contribution in [-0.4, -0.2) is 60.2 Å². The zero-order chi connectivity index (χ0) is 25.5. The fourth-order valence-corrected chi connectivity index (χ4v) is 4.12. The Labute approximate surface area is 212 Å². The number of benzene rings is 2. The SMILES string of the molecule is C=CC(=O)N1CCOc2c(Nc3nc(Nc4ccc(OCCOC)cc4)ncc3[S+](C)[O-])cccc21. The second kappa shape index (κ2) is 11.8. The Morgan fingerprint density at radius 1 is 1.25 bits per heavy atom. The smallest absolute Gasteiger partial charge is 0.250 e. The molecule has 2 heterocycles. The van der Waals surface area contributed by atoms with Crippen molar-refractivity contribution >= 4 is 45.9 Å². The van der Waals surface area contributed by atoms with Gasteiger partial charge in [0.2, 0.25) is 10.8 Å². The molecule has 0 saturated heterocycles. The molecule has 1 aromatic heterocycles. The lowest BCUT2D eigenvalue weighted by molar-refractivity contribution is -0.114. The van der Waals surface area contributed by atoms with Crippen molar-refractivity contribution in [3.63, 3.8) is 0 Å². The van der Waals surface area contributed by atoms with E-state index in [-0.39, 0.29) is 5.91 Å². The second-order valence-corrected chi connectivity index (χ2v) is 9.02. The molecule has 0 saturated carbocycles. The molecule has 1 atom stereocenters. The van der Waals surface area contributed by atoms with Gasteiger partial charge in [-0.15, -0.1) is 0 Å². The summed E-state index contributed by atoms with van der Waals surface area (Å²) in [4.78, 5) is 23.2. The van der Waals surface area contributed by atoms with E-state index < -0.39 is 11.2 Å². The van der Waals surface area contributed by atoms with E-state index in [9.17, 15) is 9.35 Å². The number of nitrogens with zero attached hydrogens (tertiary/aromatic N) is 3. The number of anilines is 5. The minimum atomic E-state index is -1.35. The van der Waals surface area contributed by atoms with Gasteiger partial charge in [-0.1, -0.05) is 12.6 Å². The van der Waals surface area contributed by atoms with E-state index in [1.807, 2.05) is 24.3 Å². The molecule has 0 spiro atoms. The first-order valence-electron chi connectivity index (χ1n) is 11.2. The minimum absolute atomic E-state index is 0.212. The standard InChI is InChI=1S/C25H27N5O5S/c1-4-22(31)30-12-13-35-23-19(6-5-7-20(23)30)28-24-21(36(3)32)16-26-25(29-24)27-17-8-10-18(11-9-17)34-15-14-33-2/h4-11,16H,1,12-15H2,2-3H3,(H2,26,27,28,29). The summed E-state index contributed by atoms with van der Waals surface area (Å²) >= 11 is -1.35. The molecule has 188 valence electrons. The van der Waals surface area contributed by atoms with Gasteiger partial charge in [-0.25, -0.2) is 4.98 Å². The lowest BCUT2D eigenvalue weighted by Crippen LogP contribution is -2.36. The number of hydrogen-bond donors (Lipinski definition) is 2. The number of amides is 1. The van der Waals surface area contributed by atoms with Crippen LogP contribution < -0.4 is 25.0 Å². The van der Waals surface area contributed by atoms with E-state index in [4.69, 9.17) is 14.2 Å². The summed E-state index contributed by atoms with van der Waals surface area (Å²) < 4.78 is 28.8. The maximum Gasteiger partial charge on any atom is 0.250 e. The number of carbonyl (C=O) groups is 1. The zero-order valence-electron chi connectivity index (χ0n) is 20.0. The Balaban J connectivity index is 1.58. The van der Waals surface area contributed by atoms with E-state index in [1.54, 1.807) is 36.5 Å². The molecule has 3 aromatic rings. The average Bonchev–Trinajstić information content (AvgIpc) is 2.89. The van der Waals surface area contributed by atoms with Crippen LogP contribution in [0.2, 0.25) is 0 Å². The molecule has 0 radical (unpaired) electrons. The molecule has 2 N–H and O–H groups in total. The van der Waals surface area contributed by atoms with Gasteiger partial charge in [0.15, 0.2) is 11.6 Å². The van der Waals surface area contributed by atoms with Crippen LogP contribution in [0.1, 0.15) is 0 Å². The maximum atomic E-state index is 12.4. The zero-order valence-corrected chi connectivity index (χ0v) is 20.8. The Bertz CT molecular complexity index is 1220. The molecule has 2 aromatic carbocycles. The van der Waals surface area contributed by atoms with Crippen LogP contribution in [0.25, 0.3) is 0 Å². The third-order valence-electron chi connectivity index (χ3n) is 5.27. The Morgan fingerprint density at radius 3 is 2.78 bits per heavy atom. The molecule has 36 heavy (non-hydrogen) atoms. The van der Waals surface area contributed by atoms with Gasteiger partial charge in [0.05, 0.1) is 30.7 Å². The van der Waals surface area contributed by atoms with Crippen LogP contribution in [0, 0.1) is 0 Å². The monoisotopic (exact) mass is 509 g/mol. The fraction of sp³-hybridized carbons (Fsp3) is 0.240. The first-order chi connectivity index (χ1) is 17.5. The van der Waals surface area contributed by atoms with Gasteiger partial charge < -0.3 is 34.3 Å². The van der Waals surface area contributed by atoms with Crippen molar-refractivity contribution in [3.05, 3.63) is 61.3 Å². The first-order valence-corrected chi connectivity index (χ1v) is 12.7. The molecule has 10 nitrogen and oxygen atoms in total. The van der Waals surface area contributed by atoms with E-state index in [2.05, 4.69) is 27.2 Å². The number of hydrogen-bond acceptors (Lipinski definition) is 9. The van der Waals surface area contributed by atoms with Gasteiger partial charge in [0.1, 0.15) is 25.2 Å². The molecule has 1 aliphatic rings. The number of nitrogens with one attached hydrogen (secondary N) is 2. The van der Waals surface area contributed by atoms with E-state index in [1.165, 1.54) is 12.3 Å². The summed E-state index contributed by atoms with van der Waals surface area (Å²) in [5.41, 5.74) is 1.96. The number of aromatic nitrogens is 2. The summed E-state index contributed by atoms with van der Waals surface area (Å²) in [5.74, 6) is 1.68. The van der Waals surface area contributed by atoms with Crippen LogP contribution >= 0.6 is 0 Å². The lowest BCUT2D eigenvalue weighted by Gasteiger charge is -2.30. The van der Waals surface area contributed by atoms with Crippen molar-refractivity contribution in [2.45, 2.75) is 4.90 Å². The van der Waals surface area contributed by atoms with E-state index in [0.717, 1.165) is 11.4 Å². The van der Waals surface area contributed by atoms with Crippen LogP contribution in [0.15, 0.2) is 66.2 Å². The summed E-state index contributed by atoms with van der Waals surface area (Å²) in [5, 5.41) is 6.36. The average molecular weight is 510 g/mol. The van der Waals surface area contributed by atoms with Crippen LogP contribution in [0.3, 0.4) is 0 Å². The van der Waals surface area contributed by atoms with E-state index >= 15 is 0 Å². The van der Waals surface area contributed by atoms with Gasteiger partial charge >= 0.3 is 0 Å². The highest BCUT2D eigenvalue weighted by Gasteiger charge is 2.25. The molecule has 1 unspecified atom stereocenters. The number of fused-ring (bicyclic) bond motifs is 1. The van der Waals surface area contributed by atoms with Crippen LogP contribution in [-0.2, 0) is 20.7 Å². The number of carbonyl (C=O) groups excluding carboxylic acids is 1. The quantitative estimate of drug-likeness (QED) is 0.240. The second-order valence-electron chi connectivity index (χ2n) is 7.67. The van der Waals surface area contributed by atoms with Crippen molar-refractivity contribution in [2.24, 2.45) is 0 Å². The van der Waals surface area contributed by atoms with Gasteiger partial charge in [-0.2, -0.15) is 4.98 Å². The number of ether oxygens (including phenoxy) is 3. The van der Waals surface area contributed by atoms with Crippen LogP contribution in [0.4, 0.5) is 28.8 Å². The van der Waals surface area contributed by atoms with Crippen molar-refractivity contribution in [3.8, 4) is 11.5 Å². The van der Waals surface area contributed by atoms with Crippen molar-refractivity contribution < 1.29 is 23.6 Å². The van der Waals surface area contributed by atoms with Gasteiger partial charge in [0, 0.05) is 12.8 Å². The molecule has 1 aliphatic heterocycles. The highest BCUT2D eigenvalue weighted by atomic mass is 32.2. The molecule has 4 rings (SSSR count). The molecule has 0 bridgehead atoms. The molecular weight excluding hydrogens is 482 g/mol. The summed E-state index contributed by atoms with van der Waals surface area (Å²) in [6.07, 6.45) is 4.34. The first kappa shape index (κ1) is 25.3. The van der Waals surface area contributed by atoms with Crippen molar-refractivity contribution in [2.75, 3.05) is 55.3 Å². The Hall–Kier alpha value is -3.80. The molecule has 0 fully saturated rings. The molecule has 0 aliphatic carbocycles. The topological polar surface area (TPSA) is 121 Å². The molecular formula is C25H27N5O5S. The predicted molar refractivity (Wildman–Crippen MR) is 139 cm³/mol. The van der Waals surface area contributed by atoms with Gasteiger partial charge in [-0.05, 0) is 53.7 Å². The van der Waals surface area contributed by atoms with Crippen molar-refractivity contribution in [1.82, 2.24) is 9.97 Å². The summed E-state index contributed by atoms with van der Waals surface area (Å²) in [6, 6.07) is 12.8. The third kappa shape index (κ3) is 5.88. The number of rotatable bonds is 10. The van der Waals surface area contributed by atoms with Crippen molar-refractivity contribution in [1.29, 1.82) is 0 Å². The minimum Gasteiger partial charge on any atom is -0.612 e. The van der Waals surface area contributed by atoms with E-state index in [0.29, 0.717) is 60.2 Å². The number of para-hydroxylation sites is 1. The summed E-state index contributed by atoms with van der Waals surface area (Å²) in [7, 11) is 1.62. The predicted octanol–water partition coefficient (Wildman–Crippen LogP) is 3.64. The third-order valence-corrected chi connectivity index (χ3v) is 6.19. The van der Waals surface area contributed by atoms with Gasteiger partial charge in [-0.3, -0.25) is 4.79 Å². The molecule has 11 heteroatoms. The largest absolute Gasteiger partial charge is 0.612 e. The molecule has 1 amide bonds. The maximum absolute atomic E-state index is 12.4. The highest BCUT2D eigenvalue weighted by Crippen LogP contribution is 2.40.